The van der Waals surface area contributed by atoms with E-state index in [0.29, 0.717) is 0 Å². The predicted molar refractivity (Wildman–Crippen MR) is 60.0 cm³/mol. The highest BCUT2D eigenvalue weighted by atomic mass is 79.9. The molecule has 0 unspecified atom stereocenters. The Hall–Kier alpha value is -0.760. The minimum atomic E-state index is 0.910. The van der Waals surface area contributed by atoms with Crippen molar-refractivity contribution >= 4 is 22.0 Å². The van der Waals surface area contributed by atoms with Crippen LogP contribution in [0.15, 0.2) is 28.7 Å². The van der Waals surface area contributed by atoms with Gasteiger partial charge in [-0.2, -0.15) is 0 Å². The van der Waals surface area contributed by atoms with Crippen LogP contribution in [0.5, 0.6) is 5.75 Å². The van der Waals surface area contributed by atoms with E-state index in [1.165, 1.54) is 0 Å². The van der Waals surface area contributed by atoms with Crippen LogP contribution in [0.25, 0.3) is 6.08 Å². The van der Waals surface area contributed by atoms with Crippen molar-refractivity contribution in [2.24, 2.45) is 0 Å². The Morgan fingerprint density at radius 1 is 1.46 bits per heavy atom. The molecule has 1 rings (SSSR count). The number of halogens is 1. The molecule has 0 fully saturated rings. The number of benzene rings is 1. The first-order valence-corrected chi connectivity index (χ1v) is 5.07. The van der Waals surface area contributed by atoms with E-state index in [0.717, 1.165) is 22.2 Å². The highest BCUT2D eigenvalue weighted by Crippen LogP contribution is 2.24. The van der Waals surface area contributed by atoms with Crippen LogP contribution in [-0.4, -0.2) is 7.11 Å². The third-order valence-corrected chi connectivity index (χ3v) is 2.22. The molecule has 0 radical (unpaired) electrons. The molecule has 0 aliphatic carbocycles. The van der Waals surface area contributed by atoms with E-state index < -0.39 is 0 Å². The molecule has 1 aromatic rings. The zero-order valence-electron chi connectivity index (χ0n) is 7.88. The maximum absolute atomic E-state index is 5.23. The summed E-state index contributed by atoms with van der Waals surface area (Å²) >= 11 is 3.43. The average molecular weight is 241 g/mol. The molecular formula is C11H13BrO. The molecule has 2 heteroatoms. The van der Waals surface area contributed by atoms with Crippen LogP contribution in [0.2, 0.25) is 0 Å². The number of methoxy groups -OCH3 is 1. The number of hydrogen-bond acceptors (Lipinski definition) is 1. The lowest BCUT2D eigenvalue weighted by atomic mass is 10.2. The van der Waals surface area contributed by atoms with Gasteiger partial charge in [-0.1, -0.05) is 35.0 Å². The summed E-state index contributed by atoms with van der Waals surface area (Å²) in [5.41, 5.74) is 1.11. The standard InChI is InChI=1S/C11H13BrO/c1-3-4-5-9-8-10(12)6-7-11(9)13-2/h4-8H,3H2,1-2H3/b5-4-. The van der Waals surface area contributed by atoms with Gasteiger partial charge in [-0.15, -0.1) is 0 Å². The minimum absolute atomic E-state index is 0.910. The van der Waals surface area contributed by atoms with Crippen molar-refractivity contribution < 1.29 is 4.74 Å². The highest BCUT2D eigenvalue weighted by Gasteiger charge is 1.98. The Kier molecular flexibility index (Phi) is 4.03. The van der Waals surface area contributed by atoms with Crippen molar-refractivity contribution in [3.8, 4) is 5.75 Å². The first-order chi connectivity index (χ1) is 6.27. The summed E-state index contributed by atoms with van der Waals surface area (Å²) in [5, 5.41) is 0. The number of hydrogen-bond donors (Lipinski definition) is 0. The molecular weight excluding hydrogens is 228 g/mol. The molecule has 0 saturated carbocycles. The van der Waals surface area contributed by atoms with Crippen molar-refractivity contribution in [3.63, 3.8) is 0 Å². The van der Waals surface area contributed by atoms with E-state index >= 15 is 0 Å². The van der Waals surface area contributed by atoms with E-state index in [-0.39, 0.29) is 0 Å². The quantitative estimate of drug-likeness (QED) is 0.780. The molecule has 0 saturated heterocycles. The van der Waals surface area contributed by atoms with Gasteiger partial charge >= 0.3 is 0 Å². The second-order valence-electron chi connectivity index (χ2n) is 2.70. The molecule has 0 aliphatic rings. The monoisotopic (exact) mass is 240 g/mol. The number of rotatable bonds is 3. The average Bonchev–Trinajstić information content (AvgIpc) is 2.15. The van der Waals surface area contributed by atoms with Crippen LogP contribution in [-0.2, 0) is 0 Å². The van der Waals surface area contributed by atoms with Crippen LogP contribution in [0.3, 0.4) is 0 Å². The van der Waals surface area contributed by atoms with E-state index in [2.05, 4.69) is 35.0 Å². The smallest absolute Gasteiger partial charge is 0.126 e. The SMILES string of the molecule is CC/C=C\c1cc(Br)ccc1OC. The van der Waals surface area contributed by atoms with Gasteiger partial charge in [0.25, 0.3) is 0 Å². The van der Waals surface area contributed by atoms with Crippen molar-refractivity contribution in [3.05, 3.63) is 34.3 Å². The first kappa shape index (κ1) is 10.3. The largest absolute Gasteiger partial charge is 0.496 e. The van der Waals surface area contributed by atoms with Crippen molar-refractivity contribution in [1.82, 2.24) is 0 Å². The van der Waals surface area contributed by atoms with Gasteiger partial charge in [-0.3, -0.25) is 0 Å². The molecule has 1 aromatic carbocycles. The summed E-state index contributed by atoms with van der Waals surface area (Å²) < 4.78 is 6.30. The lowest BCUT2D eigenvalue weighted by Crippen LogP contribution is -1.86. The van der Waals surface area contributed by atoms with E-state index in [1.54, 1.807) is 7.11 Å². The second kappa shape index (κ2) is 5.07. The lowest BCUT2D eigenvalue weighted by Gasteiger charge is -2.04. The molecule has 70 valence electrons. The third-order valence-electron chi connectivity index (χ3n) is 1.72. The Morgan fingerprint density at radius 3 is 2.85 bits per heavy atom. The molecule has 0 spiro atoms. The van der Waals surface area contributed by atoms with Gasteiger partial charge < -0.3 is 4.74 Å². The Balaban J connectivity index is 3.01. The molecule has 0 amide bonds. The predicted octanol–water partition coefficient (Wildman–Crippen LogP) is 3.88. The molecule has 13 heavy (non-hydrogen) atoms. The molecule has 0 aliphatic heterocycles. The third kappa shape index (κ3) is 2.88. The Bertz CT molecular complexity index is 305. The van der Waals surface area contributed by atoms with Crippen LogP contribution < -0.4 is 4.74 Å². The molecule has 0 atom stereocenters. The fourth-order valence-electron chi connectivity index (χ4n) is 1.08. The van der Waals surface area contributed by atoms with Gasteiger partial charge in [0.15, 0.2) is 0 Å². The fraction of sp³-hybridized carbons (Fsp3) is 0.273. The summed E-state index contributed by atoms with van der Waals surface area (Å²) in [6.07, 6.45) is 5.23. The lowest BCUT2D eigenvalue weighted by molar-refractivity contribution is 0.414. The zero-order chi connectivity index (χ0) is 9.68. The Morgan fingerprint density at radius 2 is 2.23 bits per heavy atom. The van der Waals surface area contributed by atoms with E-state index in [4.69, 9.17) is 4.74 Å². The topological polar surface area (TPSA) is 9.23 Å². The number of ether oxygens (including phenoxy) is 1. The Labute approximate surface area is 87.5 Å². The van der Waals surface area contributed by atoms with Crippen molar-refractivity contribution in [2.45, 2.75) is 13.3 Å². The minimum Gasteiger partial charge on any atom is -0.496 e. The molecule has 0 N–H and O–H groups in total. The second-order valence-corrected chi connectivity index (χ2v) is 3.61. The van der Waals surface area contributed by atoms with Crippen LogP contribution in [0, 0.1) is 0 Å². The zero-order valence-corrected chi connectivity index (χ0v) is 9.47. The van der Waals surface area contributed by atoms with Crippen molar-refractivity contribution in [2.75, 3.05) is 7.11 Å². The van der Waals surface area contributed by atoms with E-state index in [9.17, 15) is 0 Å². The highest BCUT2D eigenvalue weighted by molar-refractivity contribution is 9.10. The van der Waals surface area contributed by atoms with Gasteiger partial charge in [0.1, 0.15) is 5.75 Å². The molecule has 1 nitrogen and oxygen atoms in total. The van der Waals surface area contributed by atoms with Gasteiger partial charge in [-0.05, 0) is 24.6 Å². The van der Waals surface area contributed by atoms with Crippen LogP contribution >= 0.6 is 15.9 Å². The summed E-state index contributed by atoms with van der Waals surface area (Å²) in [6.45, 7) is 2.11. The molecule has 0 heterocycles. The normalized spacial score (nSPS) is 10.7. The summed E-state index contributed by atoms with van der Waals surface area (Å²) in [6, 6.07) is 5.98. The van der Waals surface area contributed by atoms with Crippen molar-refractivity contribution in [1.29, 1.82) is 0 Å². The summed E-state index contributed by atoms with van der Waals surface area (Å²) in [4.78, 5) is 0. The van der Waals surface area contributed by atoms with Gasteiger partial charge in [-0.25, -0.2) is 0 Å². The van der Waals surface area contributed by atoms with Crippen LogP contribution in [0.4, 0.5) is 0 Å². The molecule has 0 aromatic heterocycles. The van der Waals surface area contributed by atoms with Gasteiger partial charge in [0.05, 0.1) is 7.11 Å². The fourth-order valence-corrected chi connectivity index (χ4v) is 1.46. The maximum atomic E-state index is 5.23. The number of allylic oxidation sites excluding steroid dienone is 1. The summed E-state index contributed by atoms with van der Waals surface area (Å²) in [5.74, 6) is 0.910. The van der Waals surface area contributed by atoms with Crippen LogP contribution in [0.1, 0.15) is 18.9 Å². The van der Waals surface area contributed by atoms with Gasteiger partial charge in [0.2, 0.25) is 0 Å². The van der Waals surface area contributed by atoms with Gasteiger partial charge in [0, 0.05) is 10.0 Å². The first-order valence-electron chi connectivity index (χ1n) is 4.28. The van der Waals surface area contributed by atoms with E-state index in [1.807, 2.05) is 18.2 Å². The maximum Gasteiger partial charge on any atom is 0.126 e. The summed E-state index contributed by atoms with van der Waals surface area (Å²) in [7, 11) is 1.69. The molecule has 0 bridgehead atoms.